The number of hydrogen-bond acceptors (Lipinski definition) is 6. The van der Waals surface area contributed by atoms with Gasteiger partial charge in [0.1, 0.15) is 10.0 Å². The molecule has 196 valence electrons. The number of thiophene rings is 1. The molecule has 8 nitrogen and oxygen atoms in total. The van der Waals surface area contributed by atoms with E-state index in [1.807, 2.05) is 45.0 Å². The number of anilines is 3. The van der Waals surface area contributed by atoms with Crippen molar-refractivity contribution in [3.05, 3.63) is 91.8 Å². The number of rotatable bonds is 9. The Morgan fingerprint density at radius 3 is 2.22 bits per heavy atom. The van der Waals surface area contributed by atoms with Crippen molar-refractivity contribution in [1.82, 2.24) is 10.3 Å². The minimum Gasteiger partial charge on any atom is -0.363 e. The van der Waals surface area contributed by atoms with Gasteiger partial charge >= 0.3 is 6.03 Å². The number of nitrogens with one attached hydrogen (secondary N) is 2. The Hall–Kier alpha value is -3.89. The van der Waals surface area contributed by atoms with E-state index in [1.165, 1.54) is 34.8 Å². The van der Waals surface area contributed by atoms with Crippen LogP contribution >= 0.6 is 11.3 Å². The number of benzene rings is 1. The monoisotopic (exact) mass is 539 g/mol. The zero-order valence-corrected chi connectivity index (χ0v) is 23.4. The number of urea groups is 1. The zero-order chi connectivity index (χ0) is 27.6. The lowest BCUT2D eigenvalue weighted by Crippen LogP contribution is -2.27. The summed E-state index contributed by atoms with van der Waals surface area (Å²) in [6.07, 6.45) is 6.38. The van der Waals surface area contributed by atoms with Crippen molar-refractivity contribution in [1.29, 1.82) is 0 Å². The van der Waals surface area contributed by atoms with Crippen molar-refractivity contribution in [3.8, 4) is 10.4 Å². The number of carbonyl (C=O) groups excluding carboxylic acids is 1. The van der Waals surface area contributed by atoms with Crippen LogP contribution in [0.15, 0.2) is 96.0 Å². The average molecular weight is 540 g/mol. The fraction of sp³-hybridized carbons (Fsp3) is 0.185. The summed E-state index contributed by atoms with van der Waals surface area (Å²) in [5.74, 6) is 0.822. The molecule has 0 aliphatic heterocycles. The number of nitrogens with zero attached hydrogens (tertiary/aromatic N) is 3. The van der Waals surface area contributed by atoms with E-state index in [0.29, 0.717) is 17.1 Å². The maximum absolute atomic E-state index is 13.2. The first-order valence-corrected chi connectivity index (χ1v) is 13.8. The lowest BCUT2D eigenvalue weighted by atomic mass is 10.2. The van der Waals surface area contributed by atoms with Crippen LogP contribution in [0.5, 0.6) is 0 Å². The van der Waals surface area contributed by atoms with Gasteiger partial charge in [-0.25, -0.2) is 18.2 Å². The third kappa shape index (κ3) is 7.55. The number of pyridine rings is 1. The summed E-state index contributed by atoms with van der Waals surface area (Å²) >= 11 is 1.18. The van der Waals surface area contributed by atoms with Gasteiger partial charge in [-0.05, 0) is 60.7 Å². The Morgan fingerprint density at radius 1 is 1.00 bits per heavy atom. The highest BCUT2D eigenvalue weighted by Crippen LogP contribution is 2.33. The van der Waals surface area contributed by atoms with Crippen LogP contribution in [0.2, 0.25) is 0 Å². The van der Waals surface area contributed by atoms with E-state index in [1.54, 1.807) is 48.7 Å². The Balaban J connectivity index is 0.00000235. The molecule has 0 spiro atoms. The Kier molecular flexibility index (Phi) is 10.6. The first-order valence-electron chi connectivity index (χ1n) is 11.5. The maximum Gasteiger partial charge on any atom is 0.323 e. The van der Waals surface area contributed by atoms with Gasteiger partial charge in [-0.15, -0.1) is 11.3 Å². The molecule has 2 N–H and O–H groups in total. The van der Waals surface area contributed by atoms with E-state index in [2.05, 4.69) is 28.8 Å². The molecule has 3 rings (SSSR count). The third-order valence-electron chi connectivity index (χ3n) is 4.95. The molecular formula is C27H33N5O3S2. The molecule has 0 aliphatic rings. The minimum absolute atomic E-state index is 0.222. The second-order valence-electron chi connectivity index (χ2n) is 7.58. The molecule has 2 amide bonds. The largest absolute Gasteiger partial charge is 0.363 e. The van der Waals surface area contributed by atoms with Gasteiger partial charge in [0, 0.05) is 49.2 Å². The van der Waals surface area contributed by atoms with Crippen molar-refractivity contribution in [2.45, 2.75) is 18.1 Å². The van der Waals surface area contributed by atoms with E-state index in [4.69, 9.17) is 0 Å². The quantitative estimate of drug-likeness (QED) is 0.320. The molecule has 0 atom stereocenters. The van der Waals surface area contributed by atoms with E-state index in [0.717, 1.165) is 16.3 Å². The number of amides is 2. The molecule has 1 aromatic carbocycles. The van der Waals surface area contributed by atoms with Gasteiger partial charge in [0.2, 0.25) is 0 Å². The lowest BCUT2D eigenvalue weighted by molar-refractivity contribution is 0.254. The van der Waals surface area contributed by atoms with Crippen molar-refractivity contribution in [2.24, 2.45) is 0 Å². The molecule has 37 heavy (non-hydrogen) atoms. The Morgan fingerprint density at radius 2 is 1.68 bits per heavy atom. The molecule has 2 aromatic heterocycles. The molecule has 0 unspecified atom stereocenters. The third-order valence-corrected chi connectivity index (χ3v) is 8.34. The smallest absolute Gasteiger partial charge is 0.323 e. The highest BCUT2D eigenvalue weighted by Gasteiger charge is 2.24. The summed E-state index contributed by atoms with van der Waals surface area (Å²) in [6.45, 7) is 11.2. The molecule has 0 saturated carbocycles. The van der Waals surface area contributed by atoms with Gasteiger partial charge in [0.25, 0.3) is 10.0 Å². The normalized spacial score (nSPS) is 11.0. The number of allylic oxidation sites excluding steroid dienone is 3. The fourth-order valence-corrected chi connectivity index (χ4v) is 5.68. The van der Waals surface area contributed by atoms with Crippen LogP contribution in [0.1, 0.15) is 13.8 Å². The van der Waals surface area contributed by atoms with Crippen LogP contribution in [0.25, 0.3) is 10.4 Å². The second kappa shape index (κ2) is 13.4. The Bertz CT molecular complexity index is 1340. The van der Waals surface area contributed by atoms with E-state index in [9.17, 15) is 13.2 Å². The van der Waals surface area contributed by atoms with E-state index < -0.39 is 16.1 Å². The van der Waals surface area contributed by atoms with Crippen LogP contribution in [0.3, 0.4) is 0 Å². The van der Waals surface area contributed by atoms with Gasteiger partial charge in [0.05, 0.1) is 5.69 Å². The molecule has 0 saturated heterocycles. The fourth-order valence-electron chi connectivity index (χ4n) is 3.02. The van der Waals surface area contributed by atoms with Crippen molar-refractivity contribution in [2.75, 3.05) is 35.7 Å². The van der Waals surface area contributed by atoms with Crippen molar-refractivity contribution < 1.29 is 13.2 Å². The molecule has 0 bridgehead atoms. The predicted octanol–water partition coefficient (Wildman–Crippen LogP) is 6.10. The summed E-state index contributed by atoms with van der Waals surface area (Å²) in [6, 6.07) is 13.2. The SMILES string of the molecule is C=C/C=C(\C=C)NC(=O)Nc1ccc(N(C)S(=O)(=O)c2ccc(-c3ccc(N(C)C)nc3)s2)cc1.CC. The van der Waals surface area contributed by atoms with Gasteiger partial charge < -0.3 is 15.5 Å². The maximum atomic E-state index is 13.2. The van der Waals surface area contributed by atoms with Gasteiger partial charge in [0.15, 0.2) is 0 Å². The number of hydrogen-bond donors (Lipinski definition) is 2. The van der Waals surface area contributed by atoms with Crippen LogP contribution in [0, 0.1) is 0 Å². The van der Waals surface area contributed by atoms with Crippen LogP contribution in [0.4, 0.5) is 22.0 Å². The van der Waals surface area contributed by atoms with E-state index in [-0.39, 0.29) is 4.21 Å². The summed E-state index contributed by atoms with van der Waals surface area (Å²) < 4.78 is 27.9. The van der Waals surface area contributed by atoms with Gasteiger partial charge in [-0.3, -0.25) is 4.31 Å². The predicted molar refractivity (Wildman–Crippen MR) is 156 cm³/mol. The lowest BCUT2D eigenvalue weighted by Gasteiger charge is -2.19. The van der Waals surface area contributed by atoms with E-state index >= 15 is 0 Å². The van der Waals surface area contributed by atoms with Crippen LogP contribution in [-0.2, 0) is 10.0 Å². The molecular weight excluding hydrogens is 506 g/mol. The first kappa shape index (κ1) is 29.3. The second-order valence-corrected chi connectivity index (χ2v) is 10.9. The van der Waals surface area contributed by atoms with Crippen LogP contribution in [-0.4, -0.2) is 40.6 Å². The highest BCUT2D eigenvalue weighted by atomic mass is 32.2. The van der Waals surface area contributed by atoms with Crippen LogP contribution < -0.4 is 19.8 Å². The summed E-state index contributed by atoms with van der Waals surface area (Å²) in [5, 5.41) is 5.32. The standard InChI is InChI=1S/C25H27N5O3S2.C2H6/c1-6-8-19(7-2)27-25(31)28-20-10-12-21(13-11-20)30(5)35(32,33)24-16-14-22(34-24)18-9-15-23(26-17-18)29(3)4;1-2/h6-17H,1-2H2,3-5H3,(H2,27,28,31);1-2H3/b19-8+;. The molecule has 2 heterocycles. The van der Waals surface area contributed by atoms with Gasteiger partial charge in [-0.1, -0.05) is 33.1 Å². The number of aromatic nitrogens is 1. The van der Waals surface area contributed by atoms with Crippen molar-refractivity contribution >= 4 is 44.6 Å². The molecule has 0 fully saturated rings. The minimum atomic E-state index is -3.77. The Labute approximate surface area is 223 Å². The molecule has 0 aliphatic carbocycles. The molecule has 0 radical (unpaired) electrons. The summed E-state index contributed by atoms with van der Waals surface area (Å²) in [7, 11) is 1.54. The highest BCUT2D eigenvalue weighted by molar-refractivity contribution is 7.94. The number of carbonyl (C=O) groups is 1. The topological polar surface area (TPSA) is 94.6 Å². The summed E-state index contributed by atoms with van der Waals surface area (Å²) in [5.41, 5.74) is 2.31. The number of sulfonamides is 1. The van der Waals surface area contributed by atoms with Gasteiger partial charge in [-0.2, -0.15) is 0 Å². The summed E-state index contributed by atoms with van der Waals surface area (Å²) in [4.78, 5) is 19.2. The zero-order valence-electron chi connectivity index (χ0n) is 21.7. The van der Waals surface area contributed by atoms with Crippen molar-refractivity contribution in [3.63, 3.8) is 0 Å². The first-order chi connectivity index (χ1) is 17.6. The average Bonchev–Trinajstić information content (AvgIpc) is 3.41. The molecule has 3 aromatic rings. The molecule has 10 heteroatoms.